The largest absolute Gasteiger partial charge is 0.344 e. The molecular weight excluding hydrogens is 230 g/mol. The summed E-state index contributed by atoms with van der Waals surface area (Å²) < 4.78 is 1.27. The highest BCUT2D eigenvalue weighted by molar-refractivity contribution is 7.22. The van der Waals surface area contributed by atoms with Crippen LogP contribution >= 0.6 is 11.3 Å². The van der Waals surface area contributed by atoms with Gasteiger partial charge >= 0.3 is 0 Å². The first-order valence-electron chi connectivity index (χ1n) is 6.14. The molecule has 2 fully saturated rings. The van der Waals surface area contributed by atoms with Crippen LogP contribution in [0.1, 0.15) is 12.8 Å². The summed E-state index contributed by atoms with van der Waals surface area (Å²) in [5.74, 6) is 0.771. The third-order valence-electron chi connectivity index (χ3n) is 3.91. The van der Waals surface area contributed by atoms with Gasteiger partial charge in [-0.3, -0.25) is 0 Å². The molecule has 4 heteroatoms. The average molecular weight is 245 g/mol. The normalized spacial score (nSPS) is 22.8. The smallest absolute Gasteiger partial charge is 0.186 e. The van der Waals surface area contributed by atoms with E-state index in [1.165, 1.54) is 17.5 Å². The van der Waals surface area contributed by atoms with E-state index in [9.17, 15) is 0 Å². The fraction of sp³-hybridized carbons (Fsp3) is 0.462. The van der Waals surface area contributed by atoms with E-state index < -0.39 is 0 Å². The Kier molecular flexibility index (Phi) is 1.86. The maximum Gasteiger partial charge on any atom is 0.186 e. The molecule has 0 unspecified atom stereocenters. The second-order valence-electron chi connectivity index (χ2n) is 5.33. The van der Waals surface area contributed by atoms with Gasteiger partial charge in [-0.2, -0.15) is 0 Å². The van der Waals surface area contributed by atoms with Crippen molar-refractivity contribution in [3.8, 4) is 0 Å². The fourth-order valence-electron chi connectivity index (χ4n) is 2.71. The number of hydrogen-bond donors (Lipinski definition) is 1. The van der Waals surface area contributed by atoms with Gasteiger partial charge in [-0.25, -0.2) is 4.98 Å². The minimum absolute atomic E-state index is 0.0812. The molecule has 1 saturated carbocycles. The van der Waals surface area contributed by atoms with Crippen molar-refractivity contribution in [3.63, 3.8) is 0 Å². The van der Waals surface area contributed by atoms with E-state index in [0.29, 0.717) is 0 Å². The van der Waals surface area contributed by atoms with Gasteiger partial charge in [0.1, 0.15) is 0 Å². The van der Waals surface area contributed by atoms with Gasteiger partial charge in [0.15, 0.2) is 5.13 Å². The summed E-state index contributed by atoms with van der Waals surface area (Å²) in [5, 5.41) is 1.13. The minimum atomic E-state index is 0.0812. The number of nitrogens with zero attached hydrogens (tertiary/aromatic N) is 2. The summed E-state index contributed by atoms with van der Waals surface area (Å²) in [5.41, 5.74) is 7.55. The van der Waals surface area contributed by atoms with E-state index in [-0.39, 0.29) is 5.54 Å². The van der Waals surface area contributed by atoms with Gasteiger partial charge in [-0.1, -0.05) is 23.5 Å². The molecule has 0 atom stereocenters. The van der Waals surface area contributed by atoms with Crippen molar-refractivity contribution in [2.75, 3.05) is 18.0 Å². The van der Waals surface area contributed by atoms with Gasteiger partial charge in [-0.15, -0.1) is 0 Å². The summed E-state index contributed by atoms with van der Waals surface area (Å²) in [6.45, 7) is 1.97. The maximum atomic E-state index is 6.37. The first-order valence-corrected chi connectivity index (χ1v) is 6.96. The molecule has 1 aliphatic heterocycles. The van der Waals surface area contributed by atoms with E-state index in [2.05, 4.69) is 28.1 Å². The van der Waals surface area contributed by atoms with Crippen molar-refractivity contribution in [3.05, 3.63) is 24.3 Å². The highest BCUT2D eigenvalue weighted by Crippen LogP contribution is 2.45. The standard InChI is InChI=1S/C13H15N3S/c14-13(9-5-6-9)7-16(8-13)12-15-10-3-1-2-4-11(10)17-12/h1-4,9H,5-8,14H2. The lowest BCUT2D eigenvalue weighted by Gasteiger charge is -2.48. The van der Waals surface area contributed by atoms with Crippen LogP contribution in [0.2, 0.25) is 0 Å². The molecule has 2 heterocycles. The number of benzene rings is 1. The van der Waals surface area contributed by atoms with E-state index in [0.717, 1.165) is 29.7 Å². The predicted octanol–water partition coefficient (Wildman–Crippen LogP) is 2.22. The van der Waals surface area contributed by atoms with Gasteiger partial charge in [0, 0.05) is 13.1 Å². The van der Waals surface area contributed by atoms with Crippen molar-refractivity contribution in [2.45, 2.75) is 18.4 Å². The summed E-state index contributed by atoms with van der Waals surface area (Å²) in [4.78, 5) is 6.99. The molecule has 2 N–H and O–H groups in total. The topological polar surface area (TPSA) is 42.1 Å². The number of hydrogen-bond acceptors (Lipinski definition) is 4. The molecule has 1 aliphatic carbocycles. The molecule has 3 nitrogen and oxygen atoms in total. The lowest BCUT2D eigenvalue weighted by Crippen LogP contribution is -2.69. The monoisotopic (exact) mass is 245 g/mol. The molecule has 1 aromatic carbocycles. The third-order valence-corrected chi connectivity index (χ3v) is 5.01. The molecule has 17 heavy (non-hydrogen) atoms. The lowest BCUT2D eigenvalue weighted by molar-refractivity contribution is 0.291. The molecule has 0 amide bonds. The first-order chi connectivity index (χ1) is 8.24. The average Bonchev–Trinajstić information content (AvgIpc) is 3.04. The predicted molar refractivity (Wildman–Crippen MR) is 71.5 cm³/mol. The number of para-hydroxylation sites is 1. The van der Waals surface area contributed by atoms with Gasteiger partial charge in [-0.05, 0) is 30.9 Å². The van der Waals surface area contributed by atoms with Crippen LogP contribution in [0.3, 0.4) is 0 Å². The number of aromatic nitrogens is 1. The maximum absolute atomic E-state index is 6.37. The zero-order chi connectivity index (χ0) is 11.5. The zero-order valence-corrected chi connectivity index (χ0v) is 10.4. The van der Waals surface area contributed by atoms with Crippen LogP contribution in [0.15, 0.2) is 24.3 Å². The van der Waals surface area contributed by atoms with Crippen molar-refractivity contribution in [2.24, 2.45) is 11.7 Å². The minimum Gasteiger partial charge on any atom is -0.344 e. The Balaban J connectivity index is 1.60. The van der Waals surface area contributed by atoms with Crippen molar-refractivity contribution < 1.29 is 0 Å². The highest BCUT2D eigenvalue weighted by Gasteiger charge is 2.50. The lowest BCUT2D eigenvalue weighted by atomic mass is 9.86. The van der Waals surface area contributed by atoms with E-state index in [4.69, 9.17) is 5.73 Å². The number of fused-ring (bicyclic) bond motifs is 1. The van der Waals surface area contributed by atoms with E-state index in [1.54, 1.807) is 11.3 Å². The molecule has 0 bridgehead atoms. The molecule has 1 aromatic heterocycles. The van der Waals surface area contributed by atoms with Crippen molar-refractivity contribution >= 4 is 26.7 Å². The number of thiazole rings is 1. The Morgan fingerprint density at radius 3 is 2.76 bits per heavy atom. The van der Waals surface area contributed by atoms with E-state index >= 15 is 0 Å². The second-order valence-corrected chi connectivity index (χ2v) is 6.34. The van der Waals surface area contributed by atoms with Crippen molar-refractivity contribution in [1.29, 1.82) is 0 Å². The molecular formula is C13H15N3S. The molecule has 2 aliphatic rings. The molecule has 1 saturated heterocycles. The molecule has 0 spiro atoms. The van der Waals surface area contributed by atoms with Crippen LogP contribution in [-0.2, 0) is 0 Å². The number of nitrogens with two attached hydrogens (primary N) is 1. The summed E-state index contributed by atoms with van der Waals surface area (Å²) in [6, 6.07) is 8.32. The third kappa shape index (κ3) is 1.47. The van der Waals surface area contributed by atoms with Crippen LogP contribution in [0.5, 0.6) is 0 Å². The SMILES string of the molecule is NC1(C2CC2)CN(c2nc3ccccc3s2)C1. The molecule has 4 rings (SSSR count). The Bertz CT molecular complexity index is 534. The molecule has 88 valence electrons. The van der Waals surface area contributed by atoms with Crippen LogP contribution in [0, 0.1) is 5.92 Å². The summed E-state index contributed by atoms with van der Waals surface area (Å²) in [7, 11) is 0. The van der Waals surface area contributed by atoms with Gasteiger partial charge in [0.2, 0.25) is 0 Å². The second kappa shape index (κ2) is 3.21. The Labute approximate surface area is 104 Å². The number of anilines is 1. The van der Waals surface area contributed by atoms with Crippen LogP contribution < -0.4 is 10.6 Å². The Morgan fingerprint density at radius 2 is 2.06 bits per heavy atom. The van der Waals surface area contributed by atoms with Crippen LogP contribution in [-0.4, -0.2) is 23.6 Å². The Hall–Kier alpha value is -1.13. The van der Waals surface area contributed by atoms with Gasteiger partial charge < -0.3 is 10.6 Å². The molecule has 0 radical (unpaired) electrons. The van der Waals surface area contributed by atoms with Gasteiger partial charge in [0.25, 0.3) is 0 Å². The van der Waals surface area contributed by atoms with Crippen LogP contribution in [0.25, 0.3) is 10.2 Å². The quantitative estimate of drug-likeness (QED) is 0.882. The van der Waals surface area contributed by atoms with Crippen molar-refractivity contribution in [1.82, 2.24) is 4.98 Å². The van der Waals surface area contributed by atoms with Crippen LogP contribution in [0.4, 0.5) is 5.13 Å². The Morgan fingerprint density at radius 1 is 1.29 bits per heavy atom. The summed E-state index contributed by atoms with van der Waals surface area (Å²) >= 11 is 1.77. The molecule has 2 aromatic rings. The first kappa shape index (κ1) is 9.85. The van der Waals surface area contributed by atoms with Gasteiger partial charge in [0.05, 0.1) is 15.8 Å². The van der Waals surface area contributed by atoms with E-state index in [1.807, 2.05) is 6.07 Å². The summed E-state index contributed by atoms with van der Waals surface area (Å²) in [6.07, 6.45) is 2.65. The number of rotatable bonds is 2. The fourth-order valence-corrected chi connectivity index (χ4v) is 3.68. The zero-order valence-electron chi connectivity index (χ0n) is 9.60. The highest BCUT2D eigenvalue weighted by atomic mass is 32.1.